The van der Waals surface area contributed by atoms with Gasteiger partial charge in [0.2, 0.25) is 0 Å². The fourth-order valence-corrected chi connectivity index (χ4v) is 1.82. The Bertz CT molecular complexity index is 663. The molecule has 5 heteroatoms. The van der Waals surface area contributed by atoms with Crippen LogP contribution < -0.4 is 5.73 Å². The average Bonchev–Trinajstić information content (AvgIpc) is 2.75. The third-order valence-electron chi connectivity index (χ3n) is 2.86. The molecule has 2 aromatic rings. The number of nitrogen functional groups attached to an aromatic ring is 1. The van der Waals surface area contributed by atoms with E-state index in [-0.39, 0.29) is 16.9 Å². The summed E-state index contributed by atoms with van der Waals surface area (Å²) in [6.45, 7) is 1.97. The van der Waals surface area contributed by atoms with E-state index in [2.05, 4.69) is 0 Å². The molecular weight excluding hydrogens is 242 g/mol. The van der Waals surface area contributed by atoms with Crippen LogP contribution in [0.15, 0.2) is 30.5 Å². The van der Waals surface area contributed by atoms with Crippen LogP contribution >= 0.6 is 0 Å². The van der Waals surface area contributed by atoms with Gasteiger partial charge in [-0.1, -0.05) is 17.7 Å². The van der Waals surface area contributed by atoms with Gasteiger partial charge in [0, 0.05) is 11.9 Å². The first-order chi connectivity index (χ1) is 9.08. The first-order valence-electron chi connectivity index (χ1n) is 5.64. The van der Waals surface area contributed by atoms with Crippen LogP contribution in [0.5, 0.6) is 0 Å². The van der Waals surface area contributed by atoms with Gasteiger partial charge in [0.1, 0.15) is 6.07 Å². The molecule has 0 spiro atoms. The van der Waals surface area contributed by atoms with Crippen molar-refractivity contribution in [3.8, 4) is 11.8 Å². The van der Waals surface area contributed by atoms with Crippen molar-refractivity contribution >= 4 is 11.7 Å². The topological polar surface area (TPSA) is 81.0 Å². The molecule has 0 aliphatic heterocycles. The minimum absolute atomic E-state index is 0.134. The quantitative estimate of drug-likeness (QED) is 0.832. The van der Waals surface area contributed by atoms with Gasteiger partial charge in [0.05, 0.1) is 18.4 Å². The number of methoxy groups -OCH3 is 1. The summed E-state index contributed by atoms with van der Waals surface area (Å²) in [5, 5.41) is 9.01. The van der Waals surface area contributed by atoms with E-state index in [0.29, 0.717) is 0 Å². The number of carbonyl (C=O) groups excluding carboxylic acids is 1. The zero-order chi connectivity index (χ0) is 14.0. The number of hydrogen-bond donors (Lipinski definition) is 1. The van der Waals surface area contributed by atoms with Gasteiger partial charge in [0.15, 0.2) is 5.69 Å². The van der Waals surface area contributed by atoms with Gasteiger partial charge in [-0.3, -0.25) is 0 Å². The summed E-state index contributed by atoms with van der Waals surface area (Å²) in [7, 11) is 1.28. The fraction of sp³-hybridized carbons (Fsp3) is 0.143. The molecule has 0 saturated carbocycles. The molecule has 19 heavy (non-hydrogen) atoms. The molecule has 2 N–H and O–H groups in total. The maximum atomic E-state index is 11.8. The molecule has 1 aromatic carbocycles. The molecule has 5 nitrogen and oxygen atoms in total. The zero-order valence-corrected chi connectivity index (χ0v) is 10.7. The number of nitrogens with zero attached hydrogens (tertiary/aromatic N) is 2. The Hall–Kier alpha value is -2.74. The van der Waals surface area contributed by atoms with Gasteiger partial charge in [-0.25, -0.2) is 4.79 Å². The van der Waals surface area contributed by atoms with Crippen LogP contribution in [-0.2, 0) is 4.74 Å². The largest absolute Gasteiger partial charge is 0.464 e. The minimum atomic E-state index is -0.570. The molecule has 0 saturated heterocycles. The van der Waals surface area contributed by atoms with E-state index in [1.54, 1.807) is 4.57 Å². The van der Waals surface area contributed by atoms with Crippen LogP contribution in [0.2, 0.25) is 0 Å². The van der Waals surface area contributed by atoms with Crippen LogP contribution in [0, 0.1) is 18.3 Å². The second kappa shape index (κ2) is 4.86. The van der Waals surface area contributed by atoms with Crippen LogP contribution in [0.25, 0.3) is 5.69 Å². The highest BCUT2D eigenvalue weighted by atomic mass is 16.5. The molecule has 0 unspecified atom stereocenters. The van der Waals surface area contributed by atoms with Crippen LogP contribution in [-0.4, -0.2) is 17.6 Å². The number of benzene rings is 1. The van der Waals surface area contributed by atoms with Gasteiger partial charge in [0.25, 0.3) is 0 Å². The Morgan fingerprint density at radius 2 is 2.00 bits per heavy atom. The van der Waals surface area contributed by atoms with Crippen molar-refractivity contribution in [3.05, 3.63) is 47.3 Å². The van der Waals surface area contributed by atoms with Crippen molar-refractivity contribution < 1.29 is 9.53 Å². The molecular formula is C14H13N3O2. The number of anilines is 1. The van der Waals surface area contributed by atoms with E-state index in [1.165, 1.54) is 13.3 Å². The molecule has 0 aliphatic carbocycles. The van der Waals surface area contributed by atoms with Gasteiger partial charge < -0.3 is 15.0 Å². The summed E-state index contributed by atoms with van der Waals surface area (Å²) < 4.78 is 6.28. The number of nitriles is 1. The summed E-state index contributed by atoms with van der Waals surface area (Å²) in [6, 6.07) is 9.49. The number of hydrogen-bond acceptors (Lipinski definition) is 4. The number of ether oxygens (including phenoxy) is 1. The SMILES string of the molecule is COC(=O)c1c(N)c(C#N)cn1-c1ccc(C)cc1. The Kier molecular flexibility index (Phi) is 3.25. The molecule has 1 aromatic heterocycles. The first-order valence-corrected chi connectivity index (χ1v) is 5.64. The predicted molar refractivity (Wildman–Crippen MR) is 71.0 cm³/mol. The summed E-state index contributed by atoms with van der Waals surface area (Å²) in [5.74, 6) is -0.570. The standard InChI is InChI=1S/C14H13N3O2/c1-9-3-5-11(6-4-9)17-8-10(7-15)12(16)13(17)14(18)19-2/h3-6,8H,16H2,1-2H3. The number of esters is 1. The fourth-order valence-electron chi connectivity index (χ4n) is 1.82. The Labute approximate surface area is 110 Å². The number of aromatic nitrogens is 1. The highest BCUT2D eigenvalue weighted by Gasteiger charge is 2.21. The van der Waals surface area contributed by atoms with Crippen LogP contribution in [0.3, 0.4) is 0 Å². The highest BCUT2D eigenvalue weighted by molar-refractivity contribution is 5.95. The second-order valence-electron chi connectivity index (χ2n) is 4.11. The van der Waals surface area contributed by atoms with E-state index < -0.39 is 5.97 Å². The molecule has 0 amide bonds. The Morgan fingerprint density at radius 3 is 2.53 bits per heavy atom. The maximum absolute atomic E-state index is 11.8. The van der Waals surface area contributed by atoms with E-state index in [1.807, 2.05) is 37.3 Å². The first kappa shape index (κ1) is 12.7. The number of rotatable bonds is 2. The van der Waals surface area contributed by atoms with Crippen LogP contribution in [0.1, 0.15) is 21.6 Å². The summed E-state index contributed by atoms with van der Waals surface area (Å²) >= 11 is 0. The van der Waals surface area contributed by atoms with Crippen molar-refractivity contribution in [1.82, 2.24) is 4.57 Å². The normalized spacial score (nSPS) is 9.95. The van der Waals surface area contributed by atoms with Crippen molar-refractivity contribution in [2.75, 3.05) is 12.8 Å². The van der Waals surface area contributed by atoms with E-state index >= 15 is 0 Å². The summed E-state index contributed by atoms with van der Waals surface area (Å²) in [5.41, 5.74) is 8.22. The lowest BCUT2D eigenvalue weighted by Gasteiger charge is -2.08. The second-order valence-corrected chi connectivity index (χ2v) is 4.11. The minimum Gasteiger partial charge on any atom is -0.464 e. The monoisotopic (exact) mass is 255 g/mol. The summed E-state index contributed by atoms with van der Waals surface area (Å²) in [4.78, 5) is 11.8. The molecule has 0 atom stereocenters. The third-order valence-corrected chi connectivity index (χ3v) is 2.86. The lowest BCUT2D eigenvalue weighted by Crippen LogP contribution is -2.11. The van der Waals surface area contributed by atoms with E-state index in [4.69, 9.17) is 15.7 Å². The van der Waals surface area contributed by atoms with E-state index in [9.17, 15) is 4.79 Å². The smallest absolute Gasteiger partial charge is 0.357 e. The van der Waals surface area contributed by atoms with Gasteiger partial charge in [-0.05, 0) is 19.1 Å². The molecule has 0 fully saturated rings. The van der Waals surface area contributed by atoms with Crippen LogP contribution in [0.4, 0.5) is 5.69 Å². The molecule has 0 aliphatic rings. The van der Waals surface area contributed by atoms with Crippen molar-refractivity contribution in [3.63, 3.8) is 0 Å². The molecule has 2 rings (SSSR count). The zero-order valence-electron chi connectivity index (χ0n) is 10.7. The predicted octanol–water partition coefficient (Wildman–Crippen LogP) is 2.03. The Morgan fingerprint density at radius 1 is 1.37 bits per heavy atom. The number of carbonyl (C=O) groups is 1. The Balaban J connectivity index is 2.66. The van der Waals surface area contributed by atoms with Gasteiger partial charge >= 0.3 is 5.97 Å². The van der Waals surface area contributed by atoms with E-state index in [0.717, 1.165) is 11.3 Å². The van der Waals surface area contributed by atoms with Crippen molar-refractivity contribution in [2.24, 2.45) is 0 Å². The molecule has 0 radical (unpaired) electrons. The van der Waals surface area contributed by atoms with Gasteiger partial charge in [-0.2, -0.15) is 5.26 Å². The lowest BCUT2D eigenvalue weighted by molar-refractivity contribution is 0.0593. The average molecular weight is 255 g/mol. The summed E-state index contributed by atoms with van der Waals surface area (Å²) in [6.07, 6.45) is 1.53. The third kappa shape index (κ3) is 2.16. The van der Waals surface area contributed by atoms with Gasteiger partial charge in [-0.15, -0.1) is 0 Å². The lowest BCUT2D eigenvalue weighted by atomic mass is 10.2. The molecule has 0 bridgehead atoms. The molecule has 96 valence electrons. The maximum Gasteiger partial charge on any atom is 0.357 e. The number of nitrogens with two attached hydrogens (primary N) is 1. The highest BCUT2D eigenvalue weighted by Crippen LogP contribution is 2.24. The molecule has 1 heterocycles. The van der Waals surface area contributed by atoms with Crippen molar-refractivity contribution in [2.45, 2.75) is 6.92 Å². The van der Waals surface area contributed by atoms with Crippen molar-refractivity contribution in [1.29, 1.82) is 5.26 Å². The number of aryl methyl sites for hydroxylation is 1.